The van der Waals surface area contributed by atoms with E-state index < -0.39 is 11.8 Å². The van der Waals surface area contributed by atoms with Crippen molar-refractivity contribution in [2.45, 2.75) is 20.3 Å². The minimum absolute atomic E-state index is 0.0572. The summed E-state index contributed by atoms with van der Waals surface area (Å²) in [6.07, 6.45) is 0.936. The molecule has 0 saturated heterocycles. The first kappa shape index (κ1) is 24.9. The van der Waals surface area contributed by atoms with Crippen molar-refractivity contribution in [1.29, 1.82) is 0 Å². The molecule has 2 rings (SSSR count). The fourth-order valence-electron chi connectivity index (χ4n) is 2.21. The molecule has 0 fully saturated rings. The number of nitrogens with one attached hydrogen (secondary N) is 3. The summed E-state index contributed by atoms with van der Waals surface area (Å²) >= 11 is 14.2. The SMILES string of the molecule is CC(C)CCOc1ccc(C(=O)NC(=S)NNC(=O)COc2ccc(Cl)cc2)cc1Br. The fourth-order valence-corrected chi connectivity index (χ4v) is 2.98. The molecule has 0 aliphatic rings. The molecule has 166 valence electrons. The van der Waals surface area contributed by atoms with E-state index in [0.717, 1.165) is 6.42 Å². The third-order valence-electron chi connectivity index (χ3n) is 3.87. The zero-order valence-electron chi connectivity index (χ0n) is 17.0. The Kier molecular flexibility index (Phi) is 10.0. The number of carbonyl (C=O) groups excluding carboxylic acids is 2. The number of hydrogen-bond acceptors (Lipinski definition) is 5. The first-order chi connectivity index (χ1) is 14.7. The number of hydrogen-bond donors (Lipinski definition) is 3. The third kappa shape index (κ3) is 9.12. The third-order valence-corrected chi connectivity index (χ3v) is 4.95. The molecule has 0 aromatic heterocycles. The summed E-state index contributed by atoms with van der Waals surface area (Å²) in [5, 5.41) is 3.00. The van der Waals surface area contributed by atoms with E-state index in [4.69, 9.17) is 33.3 Å². The van der Waals surface area contributed by atoms with Gasteiger partial charge in [-0.2, -0.15) is 0 Å². The van der Waals surface area contributed by atoms with E-state index in [9.17, 15) is 9.59 Å². The predicted molar refractivity (Wildman–Crippen MR) is 127 cm³/mol. The number of halogens is 2. The van der Waals surface area contributed by atoms with Crippen LogP contribution in [0.3, 0.4) is 0 Å². The number of thiocarbonyl (C=S) groups is 1. The standard InChI is InChI=1S/C21H23BrClN3O4S/c1-13(2)9-10-29-18-8-3-14(11-17(18)22)20(28)24-21(31)26-25-19(27)12-30-16-6-4-15(23)5-7-16/h3-8,11,13H,9-10,12H2,1-2H3,(H,25,27)(H2,24,26,28,31). The monoisotopic (exact) mass is 527 g/mol. The molecule has 2 aromatic rings. The predicted octanol–water partition coefficient (Wildman–Crippen LogP) is 4.24. The molecule has 2 aromatic carbocycles. The van der Waals surface area contributed by atoms with E-state index in [1.165, 1.54) is 0 Å². The molecule has 0 bridgehead atoms. The molecule has 0 aliphatic carbocycles. The molecule has 0 heterocycles. The van der Waals surface area contributed by atoms with Crippen LogP contribution in [-0.4, -0.2) is 30.1 Å². The molecule has 2 amide bonds. The lowest BCUT2D eigenvalue weighted by Gasteiger charge is -2.13. The van der Waals surface area contributed by atoms with Crippen molar-refractivity contribution in [3.8, 4) is 11.5 Å². The zero-order chi connectivity index (χ0) is 22.8. The van der Waals surface area contributed by atoms with Gasteiger partial charge in [0.15, 0.2) is 11.7 Å². The van der Waals surface area contributed by atoms with E-state index in [0.29, 0.717) is 39.1 Å². The Morgan fingerprint density at radius 3 is 2.45 bits per heavy atom. The lowest BCUT2D eigenvalue weighted by Crippen LogP contribution is -2.49. The molecular weight excluding hydrogens is 506 g/mol. The quantitative estimate of drug-likeness (QED) is 0.351. The Bertz CT molecular complexity index is 925. The molecule has 0 radical (unpaired) electrons. The van der Waals surface area contributed by atoms with Crippen LogP contribution in [0.1, 0.15) is 30.6 Å². The highest BCUT2D eigenvalue weighted by Gasteiger charge is 2.12. The van der Waals surface area contributed by atoms with Gasteiger partial charge in [-0.05, 0) is 83.0 Å². The van der Waals surface area contributed by atoms with E-state index in [2.05, 4.69) is 45.9 Å². The maximum atomic E-state index is 12.4. The molecule has 0 unspecified atom stereocenters. The van der Waals surface area contributed by atoms with Crippen LogP contribution in [0, 0.1) is 5.92 Å². The molecular formula is C21H23BrClN3O4S. The van der Waals surface area contributed by atoms with Crippen LogP contribution in [-0.2, 0) is 4.79 Å². The Morgan fingerprint density at radius 2 is 1.81 bits per heavy atom. The van der Waals surface area contributed by atoms with Crippen LogP contribution in [0.2, 0.25) is 5.02 Å². The summed E-state index contributed by atoms with van der Waals surface area (Å²) in [5.74, 6) is 0.793. The molecule has 7 nitrogen and oxygen atoms in total. The minimum Gasteiger partial charge on any atom is -0.492 e. The summed E-state index contributed by atoms with van der Waals surface area (Å²) in [4.78, 5) is 24.2. The first-order valence-corrected chi connectivity index (χ1v) is 11.0. The largest absolute Gasteiger partial charge is 0.492 e. The number of ether oxygens (including phenoxy) is 2. The van der Waals surface area contributed by atoms with Gasteiger partial charge in [-0.3, -0.25) is 25.8 Å². The molecule has 0 saturated carbocycles. The van der Waals surface area contributed by atoms with Crippen molar-refractivity contribution >= 4 is 56.7 Å². The average molecular weight is 529 g/mol. The van der Waals surface area contributed by atoms with Crippen molar-refractivity contribution in [1.82, 2.24) is 16.2 Å². The molecule has 10 heteroatoms. The Balaban J connectivity index is 1.75. The first-order valence-electron chi connectivity index (χ1n) is 9.45. The van der Waals surface area contributed by atoms with Crippen molar-refractivity contribution in [3.05, 3.63) is 57.5 Å². The van der Waals surface area contributed by atoms with Gasteiger partial charge >= 0.3 is 0 Å². The normalized spacial score (nSPS) is 10.4. The lowest BCUT2D eigenvalue weighted by atomic mass is 10.1. The molecule has 0 spiro atoms. The Hall–Kier alpha value is -2.36. The highest BCUT2D eigenvalue weighted by molar-refractivity contribution is 9.10. The number of carbonyl (C=O) groups is 2. The van der Waals surface area contributed by atoms with Gasteiger partial charge in [0.1, 0.15) is 11.5 Å². The van der Waals surface area contributed by atoms with Gasteiger partial charge in [0.25, 0.3) is 11.8 Å². The van der Waals surface area contributed by atoms with Crippen LogP contribution < -0.4 is 25.6 Å². The van der Waals surface area contributed by atoms with E-state index in [-0.39, 0.29) is 11.7 Å². The summed E-state index contributed by atoms with van der Waals surface area (Å²) in [7, 11) is 0. The smallest absolute Gasteiger partial charge is 0.276 e. The second kappa shape index (κ2) is 12.5. The highest BCUT2D eigenvalue weighted by Crippen LogP contribution is 2.26. The van der Waals surface area contributed by atoms with Gasteiger partial charge in [-0.1, -0.05) is 25.4 Å². The summed E-state index contributed by atoms with van der Waals surface area (Å²) in [6.45, 7) is 4.60. The maximum absolute atomic E-state index is 12.4. The van der Waals surface area contributed by atoms with Crippen LogP contribution in [0.15, 0.2) is 46.9 Å². The highest BCUT2D eigenvalue weighted by atomic mass is 79.9. The van der Waals surface area contributed by atoms with Gasteiger partial charge in [0.05, 0.1) is 11.1 Å². The number of rotatable bonds is 8. The van der Waals surface area contributed by atoms with Gasteiger partial charge in [-0.15, -0.1) is 0 Å². The zero-order valence-corrected chi connectivity index (χ0v) is 20.2. The second-order valence-corrected chi connectivity index (χ2v) is 8.57. The average Bonchev–Trinajstić information content (AvgIpc) is 2.72. The Morgan fingerprint density at radius 1 is 1.10 bits per heavy atom. The molecule has 0 atom stereocenters. The topological polar surface area (TPSA) is 88.7 Å². The van der Waals surface area contributed by atoms with E-state index in [1.54, 1.807) is 42.5 Å². The van der Waals surface area contributed by atoms with Crippen LogP contribution >= 0.6 is 39.7 Å². The molecule has 3 N–H and O–H groups in total. The van der Waals surface area contributed by atoms with Gasteiger partial charge < -0.3 is 9.47 Å². The van der Waals surface area contributed by atoms with Crippen molar-refractivity contribution in [2.24, 2.45) is 5.92 Å². The number of hydrazine groups is 1. The number of benzene rings is 2. The second-order valence-electron chi connectivity index (χ2n) is 6.88. The van der Waals surface area contributed by atoms with Gasteiger partial charge in [0, 0.05) is 10.6 Å². The number of amides is 2. The van der Waals surface area contributed by atoms with Crippen molar-refractivity contribution in [3.63, 3.8) is 0 Å². The van der Waals surface area contributed by atoms with E-state index >= 15 is 0 Å². The van der Waals surface area contributed by atoms with Crippen LogP contribution in [0.25, 0.3) is 0 Å². The summed E-state index contributed by atoms with van der Waals surface area (Å²) in [5.41, 5.74) is 5.18. The minimum atomic E-state index is -0.475. The van der Waals surface area contributed by atoms with Crippen LogP contribution in [0.5, 0.6) is 11.5 Å². The Labute approximate surface area is 199 Å². The van der Waals surface area contributed by atoms with Gasteiger partial charge in [-0.25, -0.2) is 0 Å². The fraction of sp³-hybridized carbons (Fsp3) is 0.286. The summed E-state index contributed by atoms with van der Waals surface area (Å²) < 4.78 is 11.7. The van der Waals surface area contributed by atoms with Crippen molar-refractivity contribution < 1.29 is 19.1 Å². The van der Waals surface area contributed by atoms with Crippen LogP contribution in [0.4, 0.5) is 0 Å². The van der Waals surface area contributed by atoms with Gasteiger partial charge in [0.2, 0.25) is 0 Å². The molecule has 0 aliphatic heterocycles. The maximum Gasteiger partial charge on any atom is 0.276 e. The van der Waals surface area contributed by atoms with E-state index in [1.807, 2.05) is 0 Å². The lowest BCUT2D eigenvalue weighted by molar-refractivity contribution is -0.123. The molecule has 31 heavy (non-hydrogen) atoms. The summed E-state index contributed by atoms with van der Waals surface area (Å²) in [6, 6.07) is 11.6. The van der Waals surface area contributed by atoms with Crippen molar-refractivity contribution in [2.75, 3.05) is 13.2 Å².